The smallest absolute Gasteiger partial charge is 0.352 e. The molecule has 9 heteroatoms. The first kappa shape index (κ1) is 33.9. The third-order valence-electron chi connectivity index (χ3n) is 4.05. The number of carbonyl (C=O) groups is 4. The number of nitrogens with one attached hydrogen (secondary N) is 3. The predicted octanol–water partition coefficient (Wildman–Crippen LogP) is 3.48. The lowest BCUT2D eigenvalue weighted by molar-refractivity contribution is -0.134. The van der Waals surface area contributed by atoms with E-state index in [1.165, 1.54) is 25.5 Å². The molecule has 0 aliphatic carbocycles. The summed E-state index contributed by atoms with van der Waals surface area (Å²) in [5, 5.41) is 15.7. The Hall–Kier alpha value is -4.24. The molecule has 0 spiro atoms. The standard InChI is InChI=1S/C13H16N2O2.C7H9N.C6H9NO3.CH4.H2/c1-3-12(15-10(2)16)13(17)14-9-11-7-5-4-6-8-11;8-6-7-4-2-1-3-5-7;1-3-5(6(9)10)7-4(2)8;;/h3-8H,9H2,1-2H3,(H,14,17)(H,15,16);1-5H,6,8H2;3H,1-2H3,(H,7,8)(H,9,10);1H4;1H/b12-3-;;5-3-;;/i;;;;1+1. The number of carbonyl (C=O) groups excluding carboxylic acids is 3. The summed E-state index contributed by atoms with van der Waals surface area (Å²) in [5.74, 6) is -2.05. The topological polar surface area (TPSA) is 151 Å². The third-order valence-corrected chi connectivity index (χ3v) is 4.05. The lowest BCUT2D eigenvalue weighted by atomic mass is 10.2. The third kappa shape index (κ3) is 16.4. The quantitative estimate of drug-likeness (QED) is 0.367. The monoisotopic (exact) mass is 501 g/mol. The van der Waals surface area contributed by atoms with Crippen LogP contribution in [0.4, 0.5) is 0 Å². The zero-order valence-corrected chi connectivity index (χ0v) is 20.5. The van der Waals surface area contributed by atoms with Crippen LogP contribution in [0.3, 0.4) is 0 Å². The molecule has 0 aliphatic heterocycles. The second-order valence-electron chi connectivity index (χ2n) is 6.93. The average Bonchev–Trinajstić information content (AvgIpc) is 2.85. The molecule has 0 saturated heterocycles. The van der Waals surface area contributed by atoms with Crippen molar-refractivity contribution in [3.05, 3.63) is 95.3 Å². The van der Waals surface area contributed by atoms with Crippen molar-refractivity contribution in [2.45, 2.75) is 48.2 Å². The van der Waals surface area contributed by atoms with Crippen LogP contribution >= 0.6 is 0 Å². The van der Waals surface area contributed by atoms with E-state index in [0.29, 0.717) is 13.1 Å². The molecule has 0 fully saturated rings. The number of nitrogens with two attached hydrogens (primary N) is 1. The molecule has 0 heterocycles. The Bertz CT molecular complexity index is 1010. The van der Waals surface area contributed by atoms with Crippen LogP contribution in [0.5, 0.6) is 0 Å². The van der Waals surface area contributed by atoms with Crippen molar-refractivity contribution < 1.29 is 25.7 Å². The normalized spacial score (nSPS) is 10.1. The highest BCUT2D eigenvalue weighted by Crippen LogP contribution is 1.98. The van der Waals surface area contributed by atoms with Crippen molar-refractivity contribution >= 4 is 23.7 Å². The van der Waals surface area contributed by atoms with Crippen molar-refractivity contribution in [2.75, 3.05) is 0 Å². The van der Waals surface area contributed by atoms with Crippen molar-refractivity contribution in [1.82, 2.24) is 16.0 Å². The maximum Gasteiger partial charge on any atom is 0.352 e. The number of rotatable bonds is 7. The highest BCUT2D eigenvalue weighted by molar-refractivity contribution is 5.96. The molecule has 0 atom stereocenters. The van der Waals surface area contributed by atoms with Gasteiger partial charge >= 0.3 is 5.97 Å². The lowest BCUT2D eigenvalue weighted by Gasteiger charge is -2.08. The summed E-state index contributed by atoms with van der Waals surface area (Å²) >= 11 is 0. The SMILES string of the molecule is C.C/C=C(\NC(C)=O)C(=O)NCc1ccccc1.C/C=C(\NC(C)=O)C(=O)O.NCc1ccccc1.[2HH]. The maximum atomic E-state index is 11.7. The van der Waals surface area contributed by atoms with Crippen molar-refractivity contribution in [3.8, 4) is 0 Å². The Balaban J connectivity index is -0.000000496. The van der Waals surface area contributed by atoms with E-state index in [1.54, 1.807) is 19.9 Å². The van der Waals surface area contributed by atoms with Gasteiger partial charge < -0.3 is 26.8 Å². The van der Waals surface area contributed by atoms with Gasteiger partial charge in [0.2, 0.25) is 11.8 Å². The molecule has 3 amide bonds. The zero-order chi connectivity index (χ0) is 26.6. The minimum atomic E-state index is -1.13. The Kier molecular flexibility index (Phi) is 19.0. The number of carboxylic acid groups (broad SMARTS) is 1. The van der Waals surface area contributed by atoms with Crippen LogP contribution in [0.25, 0.3) is 0 Å². The minimum Gasteiger partial charge on any atom is -0.477 e. The number of carboxylic acids is 1. The summed E-state index contributed by atoms with van der Waals surface area (Å²) in [7, 11) is 0. The molecular formula is C27H40N4O5. The van der Waals surface area contributed by atoms with Gasteiger partial charge in [-0.1, -0.05) is 80.2 Å². The van der Waals surface area contributed by atoms with Crippen LogP contribution in [0.2, 0.25) is 0 Å². The van der Waals surface area contributed by atoms with E-state index < -0.39 is 5.97 Å². The van der Waals surface area contributed by atoms with Gasteiger partial charge in [0.15, 0.2) is 0 Å². The maximum absolute atomic E-state index is 11.7. The number of amides is 3. The molecule has 0 aromatic heterocycles. The first-order chi connectivity index (χ1) is 16.6. The fourth-order valence-corrected chi connectivity index (χ4v) is 2.38. The molecule has 198 valence electrons. The van der Waals surface area contributed by atoms with E-state index >= 15 is 0 Å². The van der Waals surface area contributed by atoms with Crippen LogP contribution in [-0.4, -0.2) is 28.8 Å². The number of benzene rings is 2. The molecule has 0 aliphatic rings. The van der Waals surface area contributed by atoms with Crippen molar-refractivity contribution in [2.24, 2.45) is 5.73 Å². The summed E-state index contributed by atoms with van der Waals surface area (Å²) in [6, 6.07) is 19.6. The van der Waals surface area contributed by atoms with Gasteiger partial charge in [-0.2, -0.15) is 0 Å². The van der Waals surface area contributed by atoms with Gasteiger partial charge in [-0.25, -0.2) is 4.79 Å². The first-order valence-corrected chi connectivity index (χ1v) is 10.8. The summed E-state index contributed by atoms with van der Waals surface area (Å²) in [6.07, 6.45) is 2.89. The molecule has 0 radical (unpaired) electrons. The van der Waals surface area contributed by atoms with Gasteiger partial charge in [-0.15, -0.1) is 0 Å². The number of hydrogen-bond donors (Lipinski definition) is 5. The fourth-order valence-electron chi connectivity index (χ4n) is 2.38. The van der Waals surface area contributed by atoms with E-state index in [0.717, 1.165) is 5.56 Å². The number of allylic oxidation sites excluding steroid dienone is 2. The molecule has 6 N–H and O–H groups in total. The highest BCUT2D eigenvalue weighted by atomic mass is 16.4. The van der Waals surface area contributed by atoms with Crippen LogP contribution < -0.4 is 21.7 Å². The average molecular weight is 502 g/mol. The molecule has 2 rings (SSSR count). The molecule has 2 aromatic rings. The van der Waals surface area contributed by atoms with E-state index in [1.807, 2.05) is 60.7 Å². The molecule has 9 nitrogen and oxygen atoms in total. The van der Waals surface area contributed by atoms with E-state index in [4.69, 9.17) is 10.8 Å². The summed E-state index contributed by atoms with van der Waals surface area (Å²) in [4.78, 5) is 43.0. The van der Waals surface area contributed by atoms with Crippen molar-refractivity contribution in [3.63, 3.8) is 0 Å². The molecule has 0 unspecified atom stereocenters. The lowest BCUT2D eigenvalue weighted by Crippen LogP contribution is -2.33. The minimum absolute atomic E-state index is 0. The molecule has 36 heavy (non-hydrogen) atoms. The zero-order valence-electron chi connectivity index (χ0n) is 20.5. The molecule has 0 bridgehead atoms. The Morgan fingerprint density at radius 2 is 1.22 bits per heavy atom. The predicted molar refractivity (Wildman–Crippen MR) is 144 cm³/mol. The van der Waals surface area contributed by atoms with Crippen LogP contribution in [0.1, 0.15) is 47.7 Å². The fraction of sp³-hybridized carbons (Fsp3) is 0.259. The Morgan fingerprint density at radius 1 is 0.806 bits per heavy atom. The van der Waals surface area contributed by atoms with Gasteiger partial charge in [-0.3, -0.25) is 14.4 Å². The highest BCUT2D eigenvalue weighted by Gasteiger charge is 2.09. The summed E-state index contributed by atoms with van der Waals surface area (Å²) in [5.41, 5.74) is 7.73. The van der Waals surface area contributed by atoms with Gasteiger partial charge in [0.05, 0.1) is 0 Å². The first-order valence-electron chi connectivity index (χ1n) is 10.8. The van der Waals surface area contributed by atoms with Gasteiger partial charge in [0, 0.05) is 28.4 Å². The van der Waals surface area contributed by atoms with Gasteiger partial charge in [0.25, 0.3) is 5.91 Å². The van der Waals surface area contributed by atoms with E-state index in [-0.39, 0.29) is 38.0 Å². The largest absolute Gasteiger partial charge is 0.477 e. The van der Waals surface area contributed by atoms with Crippen molar-refractivity contribution in [1.29, 1.82) is 0 Å². The summed E-state index contributed by atoms with van der Waals surface area (Å²) < 4.78 is 0. The number of aliphatic carboxylic acids is 1. The van der Waals surface area contributed by atoms with Gasteiger partial charge in [-0.05, 0) is 25.0 Å². The molecule has 2 aromatic carbocycles. The molecule has 0 saturated carbocycles. The van der Waals surface area contributed by atoms with Crippen LogP contribution in [-0.2, 0) is 32.3 Å². The second kappa shape index (κ2) is 20.2. The Morgan fingerprint density at radius 3 is 1.53 bits per heavy atom. The van der Waals surface area contributed by atoms with Crippen LogP contribution in [0, 0.1) is 0 Å². The second-order valence-corrected chi connectivity index (χ2v) is 6.93. The van der Waals surface area contributed by atoms with Gasteiger partial charge in [0.1, 0.15) is 11.4 Å². The van der Waals surface area contributed by atoms with E-state index in [9.17, 15) is 19.2 Å². The molecular weight excluding hydrogens is 460 g/mol. The van der Waals surface area contributed by atoms with E-state index in [2.05, 4.69) is 16.0 Å². The number of hydrogen-bond acceptors (Lipinski definition) is 5. The summed E-state index contributed by atoms with van der Waals surface area (Å²) in [6.45, 7) is 6.95. The Labute approximate surface area is 215 Å². The van der Waals surface area contributed by atoms with Crippen LogP contribution in [0.15, 0.2) is 84.2 Å².